The lowest BCUT2D eigenvalue weighted by atomic mass is 10.0. The van der Waals surface area contributed by atoms with Gasteiger partial charge in [-0.1, -0.05) is 13.8 Å². The van der Waals surface area contributed by atoms with Crippen LogP contribution in [0.25, 0.3) is 0 Å². The van der Waals surface area contributed by atoms with Gasteiger partial charge in [-0.15, -0.1) is 0 Å². The van der Waals surface area contributed by atoms with E-state index in [1.54, 1.807) is 24.0 Å². The Balaban J connectivity index is 1.87. The molecule has 22 heavy (non-hydrogen) atoms. The van der Waals surface area contributed by atoms with Crippen LogP contribution in [0.15, 0.2) is 12.3 Å². The molecule has 1 aliphatic rings. The molecule has 0 bridgehead atoms. The predicted octanol–water partition coefficient (Wildman–Crippen LogP) is 2.03. The Kier molecular flexibility index (Phi) is 3.96. The average molecular weight is 302 g/mol. The number of carbonyl (C=O) groups excluding carboxylic acids is 1. The van der Waals surface area contributed by atoms with Crippen LogP contribution in [0.4, 0.5) is 0 Å². The van der Waals surface area contributed by atoms with Crippen molar-refractivity contribution in [2.75, 3.05) is 6.54 Å². The first kappa shape index (κ1) is 14.7. The van der Waals surface area contributed by atoms with Crippen LogP contribution in [0.3, 0.4) is 0 Å². The summed E-state index contributed by atoms with van der Waals surface area (Å²) in [5, 5.41) is 11.4. The number of nitrogens with zero attached hydrogens (tertiary/aromatic N) is 5. The molecule has 0 unspecified atom stereocenters. The fraction of sp³-hybridized carbons (Fsp3) is 0.600. The van der Waals surface area contributed by atoms with Crippen molar-refractivity contribution in [2.45, 2.75) is 45.1 Å². The summed E-state index contributed by atoms with van der Waals surface area (Å²) in [5.74, 6) is 1.87. The third-order valence-corrected chi connectivity index (χ3v) is 4.16. The van der Waals surface area contributed by atoms with E-state index >= 15 is 0 Å². The Morgan fingerprint density at radius 3 is 2.86 bits per heavy atom. The van der Waals surface area contributed by atoms with E-state index < -0.39 is 0 Å². The standard InChI is InChI=1S/C15H22N6O/c1-10(2)13-17-14(19-18-13)11-6-4-5-9-21(11)15(22)12-7-8-16-20(12)3/h7-8,10-11H,4-6,9H2,1-3H3,(H,17,18,19)/t11-/m0/s1. The van der Waals surface area contributed by atoms with Gasteiger partial charge in [0.1, 0.15) is 11.5 Å². The summed E-state index contributed by atoms with van der Waals surface area (Å²) in [4.78, 5) is 19.3. The number of hydrogen-bond acceptors (Lipinski definition) is 4. The van der Waals surface area contributed by atoms with Crippen molar-refractivity contribution in [1.82, 2.24) is 29.9 Å². The highest BCUT2D eigenvalue weighted by molar-refractivity contribution is 5.92. The Bertz CT molecular complexity index is 659. The molecule has 2 aromatic rings. The third kappa shape index (κ3) is 2.63. The number of piperidine rings is 1. The van der Waals surface area contributed by atoms with Crippen molar-refractivity contribution in [2.24, 2.45) is 7.05 Å². The molecule has 1 N–H and O–H groups in total. The Hall–Kier alpha value is -2.18. The lowest BCUT2D eigenvalue weighted by molar-refractivity contribution is 0.0589. The maximum atomic E-state index is 12.8. The smallest absolute Gasteiger partial charge is 0.272 e. The minimum atomic E-state index is -0.0313. The number of aromatic amines is 1. The Labute approximate surface area is 129 Å². The highest BCUT2D eigenvalue weighted by atomic mass is 16.2. The summed E-state index contributed by atoms with van der Waals surface area (Å²) in [5.41, 5.74) is 0.607. The number of aromatic nitrogens is 5. The lowest BCUT2D eigenvalue weighted by Crippen LogP contribution is -2.39. The summed E-state index contributed by atoms with van der Waals surface area (Å²) in [6.45, 7) is 4.87. The van der Waals surface area contributed by atoms with Crippen LogP contribution in [0.2, 0.25) is 0 Å². The molecule has 1 aliphatic heterocycles. The second-order valence-electron chi connectivity index (χ2n) is 6.08. The molecule has 0 radical (unpaired) electrons. The second-order valence-corrected chi connectivity index (χ2v) is 6.08. The van der Waals surface area contributed by atoms with Crippen LogP contribution >= 0.6 is 0 Å². The van der Waals surface area contributed by atoms with Gasteiger partial charge >= 0.3 is 0 Å². The number of amides is 1. The summed E-state index contributed by atoms with van der Waals surface area (Å²) in [6, 6.07) is 1.73. The van der Waals surface area contributed by atoms with Crippen LogP contribution in [0.5, 0.6) is 0 Å². The van der Waals surface area contributed by atoms with Crippen LogP contribution in [0, 0.1) is 0 Å². The van der Waals surface area contributed by atoms with E-state index in [4.69, 9.17) is 0 Å². The fourth-order valence-electron chi connectivity index (χ4n) is 2.88. The first-order chi connectivity index (χ1) is 10.6. The normalized spacial score (nSPS) is 18.9. The molecule has 118 valence electrons. The van der Waals surface area contributed by atoms with E-state index in [-0.39, 0.29) is 17.9 Å². The zero-order valence-corrected chi connectivity index (χ0v) is 13.3. The molecular weight excluding hydrogens is 280 g/mol. The summed E-state index contributed by atoms with van der Waals surface area (Å²) < 4.78 is 1.62. The van der Waals surface area contributed by atoms with Crippen molar-refractivity contribution in [3.05, 3.63) is 29.6 Å². The van der Waals surface area contributed by atoms with Gasteiger partial charge < -0.3 is 4.90 Å². The van der Waals surface area contributed by atoms with Crippen LogP contribution < -0.4 is 0 Å². The van der Waals surface area contributed by atoms with E-state index in [1.165, 1.54) is 0 Å². The number of nitrogens with one attached hydrogen (secondary N) is 1. The molecule has 0 aromatic carbocycles. The quantitative estimate of drug-likeness (QED) is 0.940. The largest absolute Gasteiger partial charge is 0.327 e. The molecule has 3 rings (SSSR count). The zero-order chi connectivity index (χ0) is 15.7. The highest BCUT2D eigenvalue weighted by Crippen LogP contribution is 2.30. The molecule has 3 heterocycles. The highest BCUT2D eigenvalue weighted by Gasteiger charge is 2.32. The predicted molar refractivity (Wildman–Crippen MR) is 81.3 cm³/mol. The van der Waals surface area contributed by atoms with E-state index in [1.807, 2.05) is 4.90 Å². The van der Waals surface area contributed by atoms with Crippen molar-refractivity contribution in [3.8, 4) is 0 Å². The van der Waals surface area contributed by atoms with Gasteiger partial charge in [0.15, 0.2) is 5.82 Å². The number of carbonyl (C=O) groups is 1. The van der Waals surface area contributed by atoms with E-state index in [9.17, 15) is 4.79 Å². The molecule has 7 heteroatoms. The first-order valence-corrected chi connectivity index (χ1v) is 7.79. The van der Waals surface area contributed by atoms with Crippen molar-refractivity contribution < 1.29 is 4.79 Å². The van der Waals surface area contributed by atoms with Gasteiger partial charge in [-0.25, -0.2) is 4.98 Å². The molecule has 0 spiro atoms. The molecule has 0 saturated carbocycles. The topological polar surface area (TPSA) is 79.7 Å². The minimum absolute atomic E-state index is 0.00666. The number of hydrogen-bond donors (Lipinski definition) is 1. The van der Waals surface area contributed by atoms with Gasteiger partial charge in [0, 0.05) is 25.7 Å². The average Bonchev–Trinajstić information content (AvgIpc) is 3.15. The van der Waals surface area contributed by atoms with E-state index in [2.05, 4.69) is 34.1 Å². The molecular formula is C15H22N6O. The molecule has 1 saturated heterocycles. The molecule has 7 nitrogen and oxygen atoms in total. The number of likely N-dealkylation sites (tertiary alicyclic amines) is 1. The summed E-state index contributed by atoms with van der Waals surface area (Å²) in [7, 11) is 1.79. The number of H-pyrrole nitrogens is 1. The fourth-order valence-corrected chi connectivity index (χ4v) is 2.88. The molecule has 1 atom stereocenters. The van der Waals surface area contributed by atoms with Crippen LogP contribution in [0.1, 0.15) is 67.2 Å². The second kappa shape index (κ2) is 5.90. The van der Waals surface area contributed by atoms with E-state index in [0.29, 0.717) is 5.69 Å². The SMILES string of the molecule is CC(C)c1n[nH]c([C@@H]2CCCCN2C(=O)c2ccnn2C)n1. The Morgan fingerprint density at radius 2 is 2.23 bits per heavy atom. The van der Waals surface area contributed by atoms with Gasteiger partial charge in [-0.05, 0) is 25.3 Å². The maximum Gasteiger partial charge on any atom is 0.272 e. The molecule has 1 fully saturated rings. The molecule has 1 amide bonds. The van der Waals surface area contributed by atoms with Gasteiger partial charge in [0.05, 0.1) is 6.04 Å². The van der Waals surface area contributed by atoms with Crippen LogP contribution in [-0.2, 0) is 7.05 Å². The molecule has 2 aromatic heterocycles. The monoisotopic (exact) mass is 302 g/mol. The van der Waals surface area contributed by atoms with Gasteiger partial charge in [-0.2, -0.15) is 10.2 Å². The number of rotatable bonds is 3. The van der Waals surface area contributed by atoms with Gasteiger partial charge in [-0.3, -0.25) is 14.6 Å². The van der Waals surface area contributed by atoms with Crippen molar-refractivity contribution in [3.63, 3.8) is 0 Å². The Morgan fingerprint density at radius 1 is 1.41 bits per heavy atom. The van der Waals surface area contributed by atoms with Gasteiger partial charge in [0.2, 0.25) is 0 Å². The summed E-state index contributed by atoms with van der Waals surface area (Å²) in [6.07, 6.45) is 4.68. The first-order valence-electron chi connectivity index (χ1n) is 7.79. The van der Waals surface area contributed by atoms with Crippen LogP contribution in [-0.4, -0.2) is 42.3 Å². The summed E-state index contributed by atoms with van der Waals surface area (Å²) >= 11 is 0. The third-order valence-electron chi connectivity index (χ3n) is 4.16. The van der Waals surface area contributed by atoms with Crippen molar-refractivity contribution >= 4 is 5.91 Å². The lowest BCUT2D eigenvalue weighted by Gasteiger charge is -2.34. The number of aryl methyl sites for hydroxylation is 1. The molecule has 0 aliphatic carbocycles. The van der Waals surface area contributed by atoms with Crippen molar-refractivity contribution in [1.29, 1.82) is 0 Å². The zero-order valence-electron chi connectivity index (χ0n) is 13.3. The van der Waals surface area contributed by atoms with E-state index in [0.717, 1.165) is 37.5 Å². The van der Waals surface area contributed by atoms with Gasteiger partial charge in [0.25, 0.3) is 5.91 Å². The minimum Gasteiger partial charge on any atom is -0.327 e. The maximum absolute atomic E-state index is 12.8.